The maximum atomic E-state index is 12.7. The van der Waals surface area contributed by atoms with Gasteiger partial charge in [-0.1, -0.05) is 6.92 Å². The molecule has 2 aliphatic carbocycles. The predicted octanol–water partition coefficient (Wildman–Crippen LogP) is 1.74. The van der Waals surface area contributed by atoms with Gasteiger partial charge in [0.2, 0.25) is 15.9 Å². The van der Waals surface area contributed by atoms with E-state index in [1.807, 2.05) is 0 Å². The quantitative estimate of drug-likeness (QED) is 0.858. The van der Waals surface area contributed by atoms with Crippen LogP contribution in [0.5, 0.6) is 0 Å². The molecule has 0 unspecified atom stereocenters. The van der Waals surface area contributed by atoms with E-state index in [4.69, 9.17) is 0 Å². The zero-order valence-corrected chi connectivity index (χ0v) is 14.5. The monoisotopic (exact) mass is 328 g/mol. The van der Waals surface area contributed by atoms with E-state index in [2.05, 4.69) is 16.5 Å². The molecule has 6 heteroatoms. The van der Waals surface area contributed by atoms with Crippen LogP contribution in [0.4, 0.5) is 0 Å². The minimum Gasteiger partial charge on any atom is -0.342 e. The molecule has 2 saturated carbocycles. The van der Waals surface area contributed by atoms with Gasteiger partial charge in [0.1, 0.15) is 0 Å². The number of rotatable bonds is 3. The molecule has 3 fully saturated rings. The molecule has 1 saturated heterocycles. The van der Waals surface area contributed by atoms with Crippen LogP contribution in [0.2, 0.25) is 0 Å². The predicted molar refractivity (Wildman–Crippen MR) is 85.8 cm³/mol. The third-order valence-corrected chi connectivity index (χ3v) is 6.62. The van der Waals surface area contributed by atoms with Gasteiger partial charge in [0.05, 0.1) is 6.26 Å². The number of likely N-dealkylation sites (tertiary alicyclic amines) is 1. The molecule has 0 bridgehead atoms. The van der Waals surface area contributed by atoms with E-state index >= 15 is 0 Å². The van der Waals surface area contributed by atoms with Crippen LogP contribution in [0.15, 0.2) is 0 Å². The Bertz CT molecular complexity index is 532. The van der Waals surface area contributed by atoms with Crippen LogP contribution in [0.25, 0.3) is 0 Å². The molecule has 22 heavy (non-hydrogen) atoms. The van der Waals surface area contributed by atoms with Gasteiger partial charge in [0.15, 0.2) is 0 Å². The lowest BCUT2D eigenvalue weighted by atomic mass is 9.65. The first-order valence-corrected chi connectivity index (χ1v) is 10.4. The van der Waals surface area contributed by atoms with Crippen molar-refractivity contribution in [1.82, 2.24) is 9.62 Å². The van der Waals surface area contributed by atoms with Crippen molar-refractivity contribution in [3.63, 3.8) is 0 Å². The van der Waals surface area contributed by atoms with Crippen LogP contribution in [-0.4, -0.2) is 44.6 Å². The van der Waals surface area contributed by atoms with Gasteiger partial charge in [-0.15, -0.1) is 0 Å². The molecule has 1 aliphatic heterocycles. The largest absolute Gasteiger partial charge is 0.342 e. The standard InChI is InChI=1S/C16H28N2O3S/c1-12-3-5-13(6-4-12)15(19)18-8-7-16(11-18)9-14(10-16)17-22(2,20)21/h12-14,17H,3-11H2,1-2H3. The average Bonchev–Trinajstić information content (AvgIpc) is 2.82. The number of nitrogens with zero attached hydrogens (tertiary/aromatic N) is 1. The Morgan fingerprint density at radius 2 is 1.82 bits per heavy atom. The number of carbonyl (C=O) groups excluding carboxylic acids is 1. The summed E-state index contributed by atoms with van der Waals surface area (Å²) in [4.78, 5) is 14.7. The van der Waals surface area contributed by atoms with E-state index in [1.165, 1.54) is 19.1 Å². The van der Waals surface area contributed by atoms with E-state index in [9.17, 15) is 13.2 Å². The Morgan fingerprint density at radius 1 is 1.18 bits per heavy atom. The van der Waals surface area contributed by atoms with Crippen molar-refractivity contribution >= 4 is 15.9 Å². The topological polar surface area (TPSA) is 66.5 Å². The third-order valence-electron chi connectivity index (χ3n) is 5.85. The normalized spacial score (nSPS) is 39.0. The molecule has 5 nitrogen and oxygen atoms in total. The zero-order valence-electron chi connectivity index (χ0n) is 13.7. The van der Waals surface area contributed by atoms with E-state index in [0.29, 0.717) is 5.91 Å². The van der Waals surface area contributed by atoms with E-state index in [-0.39, 0.29) is 17.4 Å². The second-order valence-corrected chi connectivity index (χ2v) is 9.74. The second-order valence-electron chi connectivity index (χ2n) is 7.96. The van der Waals surface area contributed by atoms with Gasteiger partial charge in [-0.25, -0.2) is 13.1 Å². The lowest BCUT2D eigenvalue weighted by Gasteiger charge is -2.45. The summed E-state index contributed by atoms with van der Waals surface area (Å²) < 4.78 is 25.2. The van der Waals surface area contributed by atoms with Crippen molar-refractivity contribution in [3.05, 3.63) is 0 Å². The number of hydrogen-bond donors (Lipinski definition) is 1. The van der Waals surface area contributed by atoms with Crippen LogP contribution < -0.4 is 4.72 Å². The fraction of sp³-hybridized carbons (Fsp3) is 0.938. The highest BCUT2D eigenvalue weighted by Crippen LogP contribution is 2.49. The summed E-state index contributed by atoms with van der Waals surface area (Å²) in [6.07, 6.45) is 8.45. The fourth-order valence-electron chi connectivity index (χ4n) is 4.59. The molecule has 0 radical (unpaired) electrons. The van der Waals surface area contributed by atoms with E-state index < -0.39 is 10.0 Å². The number of sulfonamides is 1. The molecule has 1 N–H and O–H groups in total. The van der Waals surface area contributed by atoms with E-state index in [1.54, 1.807) is 0 Å². The van der Waals surface area contributed by atoms with Gasteiger partial charge in [0, 0.05) is 25.0 Å². The highest BCUT2D eigenvalue weighted by Gasteiger charge is 2.50. The molecule has 1 amide bonds. The molecular weight excluding hydrogens is 300 g/mol. The van der Waals surface area contributed by atoms with Crippen LogP contribution in [0, 0.1) is 17.3 Å². The SMILES string of the molecule is CC1CCC(C(=O)N2CCC3(CC(NS(C)(=O)=O)C3)C2)CC1. The zero-order chi connectivity index (χ0) is 16.0. The Morgan fingerprint density at radius 3 is 2.41 bits per heavy atom. The minimum absolute atomic E-state index is 0.0700. The Kier molecular flexibility index (Phi) is 4.27. The Balaban J connectivity index is 1.50. The number of amides is 1. The lowest BCUT2D eigenvalue weighted by Crippen LogP contribution is -2.52. The molecule has 0 atom stereocenters. The lowest BCUT2D eigenvalue weighted by molar-refractivity contribution is -0.136. The smallest absolute Gasteiger partial charge is 0.225 e. The molecule has 126 valence electrons. The first-order valence-electron chi connectivity index (χ1n) is 8.52. The van der Waals surface area contributed by atoms with E-state index in [0.717, 1.165) is 51.1 Å². The van der Waals surface area contributed by atoms with Crippen molar-refractivity contribution in [2.75, 3.05) is 19.3 Å². The van der Waals surface area contributed by atoms with Crippen LogP contribution in [0.3, 0.4) is 0 Å². The van der Waals surface area contributed by atoms with Crippen LogP contribution in [0.1, 0.15) is 51.9 Å². The molecule has 3 rings (SSSR count). The van der Waals surface area contributed by atoms with Crippen LogP contribution in [-0.2, 0) is 14.8 Å². The van der Waals surface area contributed by atoms with Crippen molar-refractivity contribution in [2.45, 2.75) is 57.9 Å². The summed E-state index contributed by atoms with van der Waals surface area (Å²) >= 11 is 0. The van der Waals surface area contributed by atoms with Gasteiger partial charge >= 0.3 is 0 Å². The van der Waals surface area contributed by atoms with Crippen molar-refractivity contribution in [1.29, 1.82) is 0 Å². The Hall–Kier alpha value is -0.620. The maximum Gasteiger partial charge on any atom is 0.225 e. The minimum atomic E-state index is -3.11. The summed E-state index contributed by atoms with van der Waals surface area (Å²) in [6.45, 7) is 3.96. The highest BCUT2D eigenvalue weighted by molar-refractivity contribution is 7.88. The summed E-state index contributed by atoms with van der Waals surface area (Å²) in [5.41, 5.74) is 0.181. The Labute approximate surface area is 133 Å². The summed E-state index contributed by atoms with van der Waals surface area (Å²) in [5.74, 6) is 1.35. The first kappa shape index (κ1) is 16.2. The first-order chi connectivity index (χ1) is 10.3. The van der Waals surface area contributed by atoms with Gasteiger partial charge in [0.25, 0.3) is 0 Å². The highest BCUT2D eigenvalue weighted by atomic mass is 32.2. The van der Waals surface area contributed by atoms with Gasteiger partial charge in [-0.05, 0) is 56.3 Å². The number of nitrogens with one attached hydrogen (secondary N) is 1. The molecule has 0 aromatic heterocycles. The van der Waals surface area contributed by atoms with Gasteiger partial charge in [-0.3, -0.25) is 4.79 Å². The maximum absolute atomic E-state index is 12.7. The molecular formula is C16H28N2O3S. The average molecular weight is 328 g/mol. The number of carbonyl (C=O) groups is 1. The summed E-state index contributed by atoms with van der Waals surface area (Å²) in [6, 6.07) is 0.0700. The molecule has 0 aromatic carbocycles. The summed E-state index contributed by atoms with van der Waals surface area (Å²) in [5, 5.41) is 0. The summed E-state index contributed by atoms with van der Waals surface area (Å²) in [7, 11) is -3.11. The number of hydrogen-bond acceptors (Lipinski definition) is 3. The third kappa shape index (κ3) is 3.48. The van der Waals surface area contributed by atoms with Crippen LogP contribution >= 0.6 is 0 Å². The van der Waals surface area contributed by atoms with Crippen molar-refractivity contribution in [2.24, 2.45) is 17.3 Å². The van der Waals surface area contributed by atoms with Gasteiger partial charge < -0.3 is 4.90 Å². The van der Waals surface area contributed by atoms with Gasteiger partial charge in [-0.2, -0.15) is 0 Å². The molecule has 3 aliphatic rings. The van der Waals surface area contributed by atoms with Crippen molar-refractivity contribution in [3.8, 4) is 0 Å². The second kappa shape index (κ2) is 5.78. The molecule has 1 spiro atoms. The molecule has 1 heterocycles. The molecule has 0 aromatic rings. The fourth-order valence-corrected chi connectivity index (χ4v) is 5.37. The van der Waals surface area contributed by atoms with Crippen molar-refractivity contribution < 1.29 is 13.2 Å².